The molecule has 0 aliphatic carbocycles. The zero-order valence-corrected chi connectivity index (χ0v) is 17.3. The van der Waals surface area contributed by atoms with Gasteiger partial charge in [-0.3, -0.25) is 28.8 Å². The molecule has 0 fully saturated rings. The lowest BCUT2D eigenvalue weighted by Crippen LogP contribution is -2.56. The number of hydrogen-bond acceptors (Lipinski definition) is 8. The molecule has 0 saturated carbocycles. The second-order valence-electron chi connectivity index (χ2n) is 6.91. The smallest absolute Gasteiger partial charge is 0.326 e. The van der Waals surface area contributed by atoms with Crippen LogP contribution in [0.4, 0.5) is 0 Å². The van der Waals surface area contributed by atoms with Gasteiger partial charge in [-0.2, -0.15) is 0 Å². The van der Waals surface area contributed by atoms with Crippen LogP contribution in [0.1, 0.15) is 39.0 Å². The van der Waals surface area contributed by atoms with E-state index in [1.165, 1.54) is 6.92 Å². The average Bonchev–Trinajstić information content (AvgIpc) is 2.67. The van der Waals surface area contributed by atoms with Gasteiger partial charge in [0.2, 0.25) is 29.5 Å². The second-order valence-corrected chi connectivity index (χ2v) is 6.91. The van der Waals surface area contributed by atoms with E-state index in [4.69, 9.17) is 27.4 Å². The van der Waals surface area contributed by atoms with Gasteiger partial charge in [-0.1, -0.05) is 0 Å². The molecule has 15 nitrogen and oxygen atoms in total. The Bertz CT molecular complexity index is 757. The number of nitrogens with one attached hydrogen (secondary N) is 3. The van der Waals surface area contributed by atoms with Crippen LogP contribution in [0.15, 0.2) is 0 Å². The van der Waals surface area contributed by atoms with E-state index in [1.807, 2.05) is 5.32 Å². The molecule has 0 aliphatic heterocycles. The van der Waals surface area contributed by atoms with Crippen molar-refractivity contribution in [1.82, 2.24) is 16.0 Å². The van der Waals surface area contributed by atoms with Crippen LogP contribution in [-0.4, -0.2) is 75.9 Å². The summed E-state index contributed by atoms with van der Waals surface area (Å²) < 4.78 is 0. The molecule has 0 aliphatic rings. The quantitative estimate of drug-likeness (QED) is 0.117. The first-order chi connectivity index (χ1) is 14.7. The average molecular weight is 460 g/mol. The molecule has 0 aromatic rings. The molecule has 0 heterocycles. The number of carboxylic acid groups (broad SMARTS) is 2. The lowest BCUT2D eigenvalue weighted by Gasteiger charge is -2.23. The van der Waals surface area contributed by atoms with Gasteiger partial charge >= 0.3 is 11.9 Å². The van der Waals surface area contributed by atoms with E-state index in [9.17, 15) is 33.6 Å². The lowest BCUT2D eigenvalue weighted by molar-refractivity contribution is -0.147. The predicted octanol–water partition coefficient (Wildman–Crippen LogP) is -4.12. The highest BCUT2D eigenvalue weighted by Gasteiger charge is 2.29. The third-order valence-corrected chi connectivity index (χ3v) is 4.10. The van der Waals surface area contributed by atoms with Gasteiger partial charge in [0.1, 0.15) is 18.1 Å². The molecule has 0 aromatic heterocycles. The van der Waals surface area contributed by atoms with Crippen LogP contribution in [0.5, 0.6) is 0 Å². The number of rotatable bonds is 15. The fourth-order valence-electron chi connectivity index (χ4n) is 2.31. The standard InChI is InChI=1S/C17H28N6O9/c1-7(14(28)23-10(17(31)32)6-13(26)27)21-16(30)9(3-5-12(20)25)22-15(29)8(18)2-4-11(19)24/h7-10H,2-6,18H2,1H3,(H2,19,24)(H2,20,25)(H,21,30)(H,22,29)(H,23,28)(H,26,27)(H,31,32). The minimum absolute atomic E-state index is 0.0930. The summed E-state index contributed by atoms with van der Waals surface area (Å²) in [5, 5.41) is 24.2. The first kappa shape index (κ1) is 28.2. The molecule has 4 unspecified atom stereocenters. The Kier molecular flexibility index (Phi) is 11.9. The lowest BCUT2D eigenvalue weighted by atomic mass is 10.1. The van der Waals surface area contributed by atoms with E-state index in [0.29, 0.717) is 0 Å². The maximum absolute atomic E-state index is 12.5. The Morgan fingerprint density at radius 3 is 1.72 bits per heavy atom. The van der Waals surface area contributed by atoms with E-state index in [2.05, 4.69) is 10.6 Å². The van der Waals surface area contributed by atoms with Crippen LogP contribution in [0.2, 0.25) is 0 Å². The summed E-state index contributed by atoms with van der Waals surface area (Å²) in [6.45, 7) is 1.19. The number of carbonyl (C=O) groups is 7. The molecule has 11 N–H and O–H groups in total. The molecule has 0 bridgehead atoms. The summed E-state index contributed by atoms with van der Waals surface area (Å²) >= 11 is 0. The van der Waals surface area contributed by atoms with Gasteiger partial charge in [0.15, 0.2) is 0 Å². The van der Waals surface area contributed by atoms with E-state index in [1.54, 1.807) is 0 Å². The molecule has 4 atom stereocenters. The Hall–Kier alpha value is -3.75. The number of primary amides is 2. The third-order valence-electron chi connectivity index (χ3n) is 4.10. The number of nitrogens with two attached hydrogens (primary N) is 3. The Morgan fingerprint density at radius 2 is 1.25 bits per heavy atom. The van der Waals surface area contributed by atoms with Crippen molar-refractivity contribution in [3.05, 3.63) is 0 Å². The van der Waals surface area contributed by atoms with Crippen molar-refractivity contribution in [2.45, 2.75) is 63.2 Å². The topological polar surface area (TPSA) is 274 Å². The van der Waals surface area contributed by atoms with Gasteiger partial charge in [0.05, 0.1) is 12.5 Å². The maximum atomic E-state index is 12.5. The Morgan fingerprint density at radius 1 is 0.750 bits per heavy atom. The second kappa shape index (κ2) is 13.5. The highest BCUT2D eigenvalue weighted by molar-refractivity contribution is 5.94. The number of hydrogen-bond donors (Lipinski definition) is 8. The highest BCUT2D eigenvalue weighted by Crippen LogP contribution is 2.02. The third kappa shape index (κ3) is 11.4. The summed E-state index contributed by atoms with van der Waals surface area (Å²) in [6.07, 6.45) is -1.69. The summed E-state index contributed by atoms with van der Waals surface area (Å²) in [5.74, 6) is -7.22. The normalized spacial score (nSPS) is 14.2. The van der Waals surface area contributed by atoms with Crippen molar-refractivity contribution in [2.24, 2.45) is 17.2 Å². The zero-order valence-electron chi connectivity index (χ0n) is 17.3. The van der Waals surface area contributed by atoms with E-state index < -0.39 is 72.1 Å². The van der Waals surface area contributed by atoms with Crippen LogP contribution >= 0.6 is 0 Å². The Balaban J connectivity index is 5.14. The van der Waals surface area contributed by atoms with Gasteiger partial charge in [0.25, 0.3) is 0 Å². The minimum Gasteiger partial charge on any atom is -0.481 e. The largest absolute Gasteiger partial charge is 0.481 e. The van der Waals surface area contributed by atoms with Gasteiger partial charge in [-0.15, -0.1) is 0 Å². The first-order valence-electron chi connectivity index (χ1n) is 9.42. The summed E-state index contributed by atoms with van der Waals surface area (Å²) in [4.78, 5) is 80.4. The fourth-order valence-corrected chi connectivity index (χ4v) is 2.31. The van der Waals surface area contributed by atoms with Crippen LogP contribution in [0, 0.1) is 0 Å². The maximum Gasteiger partial charge on any atom is 0.326 e. The molecule has 5 amide bonds. The summed E-state index contributed by atoms with van der Waals surface area (Å²) in [6, 6.07) is -5.57. The van der Waals surface area contributed by atoms with Crippen molar-refractivity contribution >= 4 is 41.5 Å². The molecular weight excluding hydrogens is 432 g/mol. The fraction of sp³-hybridized carbons (Fsp3) is 0.588. The summed E-state index contributed by atoms with van der Waals surface area (Å²) in [5.41, 5.74) is 15.7. The van der Waals surface area contributed by atoms with Crippen molar-refractivity contribution < 1.29 is 43.8 Å². The molecule has 0 radical (unpaired) electrons. The monoisotopic (exact) mass is 460 g/mol. The highest BCUT2D eigenvalue weighted by atomic mass is 16.4. The van der Waals surface area contributed by atoms with Crippen molar-refractivity contribution in [3.8, 4) is 0 Å². The first-order valence-corrected chi connectivity index (χ1v) is 9.42. The molecule has 32 heavy (non-hydrogen) atoms. The van der Waals surface area contributed by atoms with Gasteiger partial charge < -0.3 is 43.4 Å². The summed E-state index contributed by atoms with van der Waals surface area (Å²) in [7, 11) is 0. The molecule has 0 rings (SSSR count). The molecule has 0 aromatic carbocycles. The van der Waals surface area contributed by atoms with Gasteiger partial charge in [-0.05, 0) is 19.8 Å². The van der Waals surface area contributed by atoms with Crippen molar-refractivity contribution in [2.75, 3.05) is 0 Å². The zero-order chi connectivity index (χ0) is 25.0. The minimum atomic E-state index is -1.73. The number of carboxylic acids is 2. The molecule has 180 valence electrons. The molecule has 0 saturated heterocycles. The van der Waals surface area contributed by atoms with Crippen molar-refractivity contribution in [3.63, 3.8) is 0 Å². The van der Waals surface area contributed by atoms with Crippen molar-refractivity contribution in [1.29, 1.82) is 0 Å². The van der Waals surface area contributed by atoms with Crippen LogP contribution in [0.3, 0.4) is 0 Å². The molecule has 0 spiro atoms. The SMILES string of the molecule is CC(NC(=O)C(CCC(N)=O)NC(=O)C(N)CCC(N)=O)C(=O)NC(CC(=O)O)C(=O)O. The predicted molar refractivity (Wildman–Crippen MR) is 106 cm³/mol. The van der Waals surface area contributed by atoms with E-state index in [0.717, 1.165) is 0 Å². The number of aliphatic carboxylic acids is 2. The van der Waals surface area contributed by atoms with Gasteiger partial charge in [0, 0.05) is 12.8 Å². The van der Waals surface area contributed by atoms with Crippen LogP contribution < -0.4 is 33.2 Å². The molecular formula is C17H28N6O9. The number of amides is 5. The molecule has 15 heteroatoms. The number of carbonyl (C=O) groups excluding carboxylic acids is 5. The van der Waals surface area contributed by atoms with Gasteiger partial charge in [-0.25, -0.2) is 4.79 Å². The Labute approximate surface area is 182 Å². The van der Waals surface area contributed by atoms with E-state index in [-0.39, 0.29) is 25.7 Å². The van der Waals surface area contributed by atoms with Crippen LogP contribution in [0.25, 0.3) is 0 Å². The van der Waals surface area contributed by atoms with Crippen LogP contribution in [-0.2, 0) is 33.6 Å². The van der Waals surface area contributed by atoms with E-state index >= 15 is 0 Å².